The molecule has 0 radical (unpaired) electrons. The molecule has 4 nitrogen and oxygen atoms in total. The molecule has 0 saturated heterocycles. The lowest BCUT2D eigenvalue weighted by Crippen LogP contribution is -2.16. The van der Waals surface area contributed by atoms with Gasteiger partial charge in [-0.15, -0.1) is 0 Å². The SMILES string of the molecule is CCOCCCNCc1ccn(C)n1. The van der Waals surface area contributed by atoms with Gasteiger partial charge in [0.25, 0.3) is 0 Å². The van der Waals surface area contributed by atoms with Crippen molar-refractivity contribution in [3.63, 3.8) is 0 Å². The van der Waals surface area contributed by atoms with Crippen LogP contribution in [0.3, 0.4) is 0 Å². The first-order valence-electron chi connectivity index (χ1n) is 5.10. The van der Waals surface area contributed by atoms with Crippen molar-refractivity contribution in [1.82, 2.24) is 15.1 Å². The normalized spacial score (nSPS) is 10.7. The maximum atomic E-state index is 5.23. The molecule has 1 rings (SSSR count). The molecule has 0 spiro atoms. The maximum Gasteiger partial charge on any atom is 0.0762 e. The van der Waals surface area contributed by atoms with Crippen LogP contribution in [0.4, 0.5) is 0 Å². The lowest BCUT2D eigenvalue weighted by atomic mass is 10.4. The van der Waals surface area contributed by atoms with Crippen LogP contribution in [-0.4, -0.2) is 29.5 Å². The predicted octanol–water partition coefficient (Wildman–Crippen LogP) is 0.936. The fraction of sp³-hybridized carbons (Fsp3) is 0.700. The van der Waals surface area contributed by atoms with E-state index in [1.54, 1.807) is 0 Å². The minimum atomic E-state index is 0.806. The molecular weight excluding hydrogens is 178 g/mol. The van der Waals surface area contributed by atoms with Gasteiger partial charge in [0.1, 0.15) is 0 Å². The van der Waals surface area contributed by atoms with Crippen molar-refractivity contribution >= 4 is 0 Å². The van der Waals surface area contributed by atoms with Crippen LogP contribution >= 0.6 is 0 Å². The molecule has 0 aliphatic rings. The molecule has 4 heteroatoms. The van der Waals surface area contributed by atoms with Crippen molar-refractivity contribution < 1.29 is 4.74 Å². The van der Waals surface area contributed by atoms with Crippen molar-refractivity contribution in [2.75, 3.05) is 19.8 Å². The summed E-state index contributed by atoms with van der Waals surface area (Å²) in [5.41, 5.74) is 1.09. The number of ether oxygens (including phenoxy) is 1. The van der Waals surface area contributed by atoms with Gasteiger partial charge in [-0.25, -0.2) is 0 Å². The van der Waals surface area contributed by atoms with Gasteiger partial charge in [-0.3, -0.25) is 4.68 Å². The van der Waals surface area contributed by atoms with E-state index in [4.69, 9.17) is 4.74 Å². The second-order valence-electron chi connectivity index (χ2n) is 3.21. The van der Waals surface area contributed by atoms with Gasteiger partial charge in [0.05, 0.1) is 5.69 Å². The average molecular weight is 197 g/mol. The van der Waals surface area contributed by atoms with Crippen LogP contribution in [0.2, 0.25) is 0 Å². The van der Waals surface area contributed by atoms with Crippen molar-refractivity contribution in [3.8, 4) is 0 Å². The second-order valence-corrected chi connectivity index (χ2v) is 3.21. The Morgan fingerprint density at radius 3 is 3.07 bits per heavy atom. The van der Waals surface area contributed by atoms with Crippen LogP contribution in [0.25, 0.3) is 0 Å². The van der Waals surface area contributed by atoms with E-state index in [2.05, 4.69) is 10.4 Å². The molecule has 1 heterocycles. The van der Waals surface area contributed by atoms with Crippen LogP contribution in [0.1, 0.15) is 19.0 Å². The van der Waals surface area contributed by atoms with E-state index < -0.39 is 0 Å². The first kappa shape index (κ1) is 11.2. The highest BCUT2D eigenvalue weighted by Crippen LogP contribution is 1.92. The van der Waals surface area contributed by atoms with E-state index in [0.29, 0.717) is 0 Å². The molecule has 0 aliphatic heterocycles. The monoisotopic (exact) mass is 197 g/mol. The summed E-state index contributed by atoms with van der Waals surface area (Å²) in [4.78, 5) is 0. The largest absolute Gasteiger partial charge is 0.382 e. The third-order valence-corrected chi connectivity index (χ3v) is 1.92. The fourth-order valence-electron chi connectivity index (χ4n) is 1.22. The van der Waals surface area contributed by atoms with Gasteiger partial charge in [-0.2, -0.15) is 5.10 Å². The third-order valence-electron chi connectivity index (χ3n) is 1.92. The summed E-state index contributed by atoms with van der Waals surface area (Å²) in [6.07, 6.45) is 3.01. The Hall–Kier alpha value is -0.870. The van der Waals surface area contributed by atoms with Crippen LogP contribution in [0, 0.1) is 0 Å². The zero-order valence-corrected chi connectivity index (χ0v) is 8.99. The molecule has 1 aromatic heterocycles. The summed E-state index contributed by atoms with van der Waals surface area (Å²) in [7, 11) is 1.93. The smallest absolute Gasteiger partial charge is 0.0762 e. The lowest BCUT2D eigenvalue weighted by Gasteiger charge is -2.02. The number of nitrogens with zero attached hydrogens (tertiary/aromatic N) is 2. The van der Waals surface area contributed by atoms with Crippen LogP contribution < -0.4 is 5.32 Å². The Balaban J connectivity index is 1.99. The summed E-state index contributed by atoms with van der Waals surface area (Å²) in [6, 6.07) is 2.02. The lowest BCUT2D eigenvalue weighted by molar-refractivity contribution is 0.144. The van der Waals surface area contributed by atoms with Gasteiger partial charge in [0, 0.05) is 33.0 Å². The van der Waals surface area contributed by atoms with Crippen molar-refractivity contribution in [3.05, 3.63) is 18.0 Å². The number of aromatic nitrogens is 2. The van der Waals surface area contributed by atoms with Gasteiger partial charge < -0.3 is 10.1 Å². The molecular formula is C10H19N3O. The molecule has 1 N–H and O–H groups in total. The Bertz CT molecular complexity index is 247. The molecule has 0 unspecified atom stereocenters. The number of hydrogen-bond acceptors (Lipinski definition) is 3. The molecule has 0 bridgehead atoms. The topological polar surface area (TPSA) is 39.1 Å². The van der Waals surface area contributed by atoms with Crippen molar-refractivity contribution in [1.29, 1.82) is 0 Å². The number of hydrogen-bond donors (Lipinski definition) is 1. The summed E-state index contributed by atoms with van der Waals surface area (Å²) in [5, 5.41) is 7.59. The van der Waals surface area contributed by atoms with Crippen LogP contribution in [0.5, 0.6) is 0 Å². The average Bonchev–Trinajstić information content (AvgIpc) is 2.58. The standard InChI is InChI=1S/C10H19N3O/c1-3-14-8-4-6-11-9-10-5-7-13(2)12-10/h5,7,11H,3-4,6,8-9H2,1-2H3. The number of rotatable bonds is 7. The quantitative estimate of drug-likeness (QED) is 0.661. The van der Waals surface area contributed by atoms with Crippen LogP contribution in [0.15, 0.2) is 12.3 Å². The minimum Gasteiger partial charge on any atom is -0.382 e. The minimum absolute atomic E-state index is 0.806. The molecule has 0 amide bonds. The van der Waals surface area contributed by atoms with E-state index >= 15 is 0 Å². The first-order chi connectivity index (χ1) is 6.83. The first-order valence-corrected chi connectivity index (χ1v) is 5.10. The van der Waals surface area contributed by atoms with Gasteiger partial charge in [0.2, 0.25) is 0 Å². The van der Waals surface area contributed by atoms with Gasteiger partial charge in [-0.05, 0) is 26.0 Å². The van der Waals surface area contributed by atoms with Gasteiger partial charge in [0.15, 0.2) is 0 Å². The molecule has 0 atom stereocenters. The highest BCUT2D eigenvalue weighted by molar-refractivity contribution is 4.97. The summed E-state index contributed by atoms with van der Waals surface area (Å²) in [6.45, 7) is 5.48. The highest BCUT2D eigenvalue weighted by atomic mass is 16.5. The maximum absolute atomic E-state index is 5.23. The van der Waals surface area contributed by atoms with Gasteiger partial charge in [-0.1, -0.05) is 0 Å². The predicted molar refractivity (Wildman–Crippen MR) is 56.0 cm³/mol. The molecule has 1 aromatic rings. The Morgan fingerprint density at radius 2 is 2.43 bits per heavy atom. The molecule has 14 heavy (non-hydrogen) atoms. The number of aryl methyl sites for hydroxylation is 1. The van der Waals surface area contributed by atoms with Gasteiger partial charge >= 0.3 is 0 Å². The third kappa shape index (κ3) is 4.39. The fourth-order valence-corrected chi connectivity index (χ4v) is 1.22. The summed E-state index contributed by atoms with van der Waals surface area (Å²) >= 11 is 0. The number of nitrogens with one attached hydrogen (secondary N) is 1. The Labute approximate surface area is 85.3 Å². The molecule has 0 aliphatic carbocycles. The Kier molecular flexibility index (Phi) is 5.25. The Morgan fingerprint density at radius 1 is 1.57 bits per heavy atom. The van der Waals surface area contributed by atoms with Crippen LogP contribution in [-0.2, 0) is 18.3 Å². The van der Waals surface area contributed by atoms with E-state index in [1.807, 2.05) is 30.9 Å². The van der Waals surface area contributed by atoms with E-state index in [9.17, 15) is 0 Å². The van der Waals surface area contributed by atoms with E-state index in [1.165, 1.54) is 0 Å². The summed E-state index contributed by atoms with van der Waals surface area (Å²) < 4.78 is 7.05. The van der Waals surface area contributed by atoms with Crippen molar-refractivity contribution in [2.24, 2.45) is 7.05 Å². The highest BCUT2D eigenvalue weighted by Gasteiger charge is 1.95. The zero-order valence-electron chi connectivity index (χ0n) is 8.99. The molecule has 0 aromatic carbocycles. The molecule has 80 valence electrons. The molecule has 0 saturated carbocycles. The molecule has 0 fully saturated rings. The zero-order chi connectivity index (χ0) is 10.2. The van der Waals surface area contributed by atoms with Crippen molar-refractivity contribution in [2.45, 2.75) is 19.9 Å². The summed E-state index contributed by atoms with van der Waals surface area (Å²) in [5.74, 6) is 0. The second kappa shape index (κ2) is 6.56. The van der Waals surface area contributed by atoms with E-state index in [0.717, 1.165) is 38.4 Å². The van der Waals surface area contributed by atoms with E-state index in [-0.39, 0.29) is 0 Å².